The fourth-order valence-electron chi connectivity index (χ4n) is 5.33. The average molecular weight is 557 g/mol. The van der Waals surface area contributed by atoms with Gasteiger partial charge in [-0.05, 0) is 52.9 Å². The zero-order valence-electron chi connectivity index (χ0n) is 23.4. The fraction of sp³-hybridized carbons (Fsp3) is 0.314. The van der Waals surface area contributed by atoms with Crippen LogP contribution in [0.2, 0.25) is 0 Å². The van der Waals surface area contributed by atoms with Crippen molar-refractivity contribution in [2.45, 2.75) is 18.6 Å². The first kappa shape index (κ1) is 29.1. The third-order valence-electron chi connectivity index (χ3n) is 7.61. The summed E-state index contributed by atoms with van der Waals surface area (Å²) in [5.41, 5.74) is 4.06. The Hall–Kier alpha value is -3.42. The van der Waals surface area contributed by atoms with Crippen molar-refractivity contribution < 1.29 is 18.3 Å². The number of piperazine rings is 1. The Labute approximate surface area is 242 Å². The van der Waals surface area contributed by atoms with Crippen molar-refractivity contribution in [1.29, 1.82) is 0 Å². The van der Waals surface area contributed by atoms with Crippen LogP contribution in [0, 0.1) is 11.6 Å². The van der Waals surface area contributed by atoms with Crippen molar-refractivity contribution in [3.63, 3.8) is 0 Å². The number of hydrogen-bond donors (Lipinski definition) is 0. The molecule has 1 aliphatic heterocycles. The highest BCUT2D eigenvalue weighted by Gasteiger charge is 2.20. The predicted octanol–water partition coefficient (Wildman–Crippen LogP) is 6.88. The maximum atomic E-state index is 13.5. The molecular weight excluding hydrogens is 518 g/mol. The van der Waals surface area contributed by atoms with E-state index in [1.807, 2.05) is 36.4 Å². The SMILES string of the molecule is Fc1ccc(C(OCCCN2CCN(CCOC(c3ccccc3)c3ccc(F)cc3)CC2)c2ccccc2)cc1. The minimum absolute atomic E-state index is 0.205. The molecular formula is C35H38F2N2O2. The second kappa shape index (κ2) is 15.0. The van der Waals surface area contributed by atoms with E-state index in [1.54, 1.807) is 24.3 Å². The zero-order valence-corrected chi connectivity index (χ0v) is 23.4. The Morgan fingerprint density at radius 1 is 0.488 bits per heavy atom. The molecule has 1 aliphatic rings. The first-order chi connectivity index (χ1) is 20.2. The van der Waals surface area contributed by atoms with E-state index in [0.717, 1.165) is 67.9 Å². The fourth-order valence-corrected chi connectivity index (χ4v) is 5.33. The first-order valence-corrected chi connectivity index (χ1v) is 14.4. The Morgan fingerprint density at radius 2 is 0.878 bits per heavy atom. The van der Waals surface area contributed by atoms with Crippen molar-refractivity contribution in [3.05, 3.63) is 143 Å². The minimum atomic E-state index is -0.242. The molecule has 214 valence electrons. The minimum Gasteiger partial charge on any atom is -0.369 e. The molecule has 0 spiro atoms. The van der Waals surface area contributed by atoms with Gasteiger partial charge in [-0.3, -0.25) is 4.90 Å². The van der Waals surface area contributed by atoms with Crippen molar-refractivity contribution in [2.75, 3.05) is 52.5 Å². The molecule has 0 amide bonds. The second-order valence-electron chi connectivity index (χ2n) is 10.5. The van der Waals surface area contributed by atoms with Crippen molar-refractivity contribution in [2.24, 2.45) is 0 Å². The number of hydrogen-bond acceptors (Lipinski definition) is 4. The number of ether oxygens (including phenoxy) is 2. The summed E-state index contributed by atoms with van der Waals surface area (Å²) < 4.78 is 39.7. The summed E-state index contributed by atoms with van der Waals surface area (Å²) in [7, 11) is 0. The zero-order chi connectivity index (χ0) is 28.3. The van der Waals surface area contributed by atoms with Crippen LogP contribution in [-0.4, -0.2) is 62.3 Å². The molecule has 2 atom stereocenters. The Kier molecular flexibility index (Phi) is 10.6. The lowest BCUT2D eigenvalue weighted by Gasteiger charge is -2.35. The highest BCUT2D eigenvalue weighted by Crippen LogP contribution is 2.27. The molecule has 4 aromatic rings. The lowest BCUT2D eigenvalue weighted by Crippen LogP contribution is -2.47. The monoisotopic (exact) mass is 556 g/mol. The van der Waals surface area contributed by atoms with Crippen molar-refractivity contribution in [3.8, 4) is 0 Å². The maximum absolute atomic E-state index is 13.5. The third kappa shape index (κ3) is 8.54. The summed E-state index contributed by atoms with van der Waals surface area (Å²) in [5.74, 6) is -0.482. The molecule has 0 N–H and O–H groups in total. The van der Waals surface area contributed by atoms with E-state index in [2.05, 4.69) is 34.1 Å². The normalized spacial score (nSPS) is 16.0. The van der Waals surface area contributed by atoms with Gasteiger partial charge in [0.1, 0.15) is 23.8 Å². The quantitative estimate of drug-likeness (QED) is 0.168. The molecule has 1 fully saturated rings. The van der Waals surface area contributed by atoms with E-state index in [0.29, 0.717) is 13.2 Å². The lowest BCUT2D eigenvalue weighted by atomic mass is 10.0. The number of nitrogens with zero attached hydrogens (tertiary/aromatic N) is 2. The molecule has 1 saturated heterocycles. The van der Waals surface area contributed by atoms with Crippen LogP contribution in [0.5, 0.6) is 0 Å². The summed E-state index contributed by atoms with van der Waals surface area (Å²) >= 11 is 0. The van der Waals surface area contributed by atoms with Gasteiger partial charge in [0.15, 0.2) is 0 Å². The maximum Gasteiger partial charge on any atom is 0.123 e. The van der Waals surface area contributed by atoms with Gasteiger partial charge in [0, 0.05) is 45.9 Å². The van der Waals surface area contributed by atoms with Crippen LogP contribution in [0.1, 0.15) is 40.9 Å². The van der Waals surface area contributed by atoms with Crippen LogP contribution in [0.3, 0.4) is 0 Å². The van der Waals surface area contributed by atoms with Crippen LogP contribution in [0.25, 0.3) is 0 Å². The number of rotatable bonds is 13. The lowest BCUT2D eigenvalue weighted by molar-refractivity contribution is 0.0403. The van der Waals surface area contributed by atoms with Crippen LogP contribution in [0.4, 0.5) is 8.78 Å². The van der Waals surface area contributed by atoms with E-state index in [4.69, 9.17) is 9.47 Å². The highest BCUT2D eigenvalue weighted by atomic mass is 19.1. The van der Waals surface area contributed by atoms with Gasteiger partial charge in [-0.2, -0.15) is 0 Å². The van der Waals surface area contributed by atoms with Gasteiger partial charge in [-0.15, -0.1) is 0 Å². The smallest absolute Gasteiger partial charge is 0.123 e. The largest absolute Gasteiger partial charge is 0.369 e. The van der Waals surface area contributed by atoms with Gasteiger partial charge in [0.05, 0.1) is 6.61 Å². The Bertz CT molecular complexity index is 1300. The van der Waals surface area contributed by atoms with E-state index in [9.17, 15) is 8.78 Å². The molecule has 5 rings (SSSR count). The standard InChI is InChI=1S/C35H38F2N2O2/c36-32-16-12-30(13-17-32)34(28-8-3-1-4-9-28)40-26-7-20-38-21-23-39(24-22-38)25-27-41-35(29-10-5-2-6-11-29)31-14-18-33(37)19-15-31/h1-6,8-19,34-35H,7,20-27H2. The number of benzene rings is 4. The first-order valence-electron chi connectivity index (χ1n) is 14.4. The van der Waals surface area contributed by atoms with Gasteiger partial charge in [0.25, 0.3) is 0 Å². The molecule has 2 unspecified atom stereocenters. The van der Waals surface area contributed by atoms with Gasteiger partial charge in [-0.25, -0.2) is 8.78 Å². The molecule has 0 bridgehead atoms. The predicted molar refractivity (Wildman–Crippen MR) is 159 cm³/mol. The molecule has 0 aromatic heterocycles. The van der Waals surface area contributed by atoms with Gasteiger partial charge in [-0.1, -0.05) is 84.9 Å². The van der Waals surface area contributed by atoms with Crippen LogP contribution in [0.15, 0.2) is 109 Å². The summed E-state index contributed by atoms with van der Waals surface area (Å²) in [6.45, 7) is 7.11. The average Bonchev–Trinajstić information content (AvgIpc) is 3.02. The summed E-state index contributed by atoms with van der Waals surface area (Å²) in [6, 6.07) is 33.4. The molecule has 6 heteroatoms. The molecule has 0 saturated carbocycles. The Balaban J connectivity index is 1.04. The summed E-state index contributed by atoms with van der Waals surface area (Å²) in [6.07, 6.45) is 0.514. The second-order valence-corrected chi connectivity index (χ2v) is 10.5. The van der Waals surface area contributed by atoms with Crippen molar-refractivity contribution >= 4 is 0 Å². The third-order valence-corrected chi connectivity index (χ3v) is 7.61. The molecule has 4 aromatic carbocycles. The van der Waals surface area contributed by atoms with E-state index < -0.39 is 0 Å². The molecule has 41 heavy (non-hydrogen) atoms. The van der Waals surface area contributed by atoms with Crippen LogP contribution < -0.4 is 0 Å². The summed E-state index contributed by atoms with van der Waals surface area (Å²) in [4.78, 5) is 4.93. The van der Waals surface area contributed by atoms with Gasteiger partial charge >= 0.3 is 0 Å². The van der Waals surface area contributed by atoms with E-state index >= 15 is 0 Å². The van der Waals surface area contributed by atoms with E-state index in [1.165, 1.54) is 24.3 Å². The van der Waals surface area contributed by atoms with Gasteiger partial charge in [0.2, 0.25) is 0 Å². The number of halogens is 2. The topological polar surface area (TPSA) is 24.9 Å². The molecule has 0 aliphatic carbocycles. The molecule has 1 heterocycles. The van der Waals surface area contributed by atoms with Crippen LogP contribution in [-0.2, 0) is 9.47 Å². The highest BCUT2D eigenvalue weighted by molar-refractivity contribution is 5.31. The van der Waals surface area contributed by atoms with Crippen molar-refractivity contribution in [1.82, 2.24) is 9.80 Å². The Morgan fingerprint density at radius 3 is 1.34 bits per heavy atom. The summed E-state index contributed by atoms with van der Waals surface area (Å²) in [5, 5.41) is 0. The van der Waals surface area contributed by atoms with Gasteiger partial charge < -0.3 is 14.4 Å². The van der Waals surface area contributed by atoms with E-state index in [-0.39, 0.29) is 23.8 Å². The van der Waals surface area contributed by atoms with Crippen LogP contribution >= 0.6 is 0 Å². The molecule has 4 nitrogen and oxygen atoms in total. The molecule has 0 radical (unpaired) electrons.